The Labute approximate surface area is 167 Å². The lowest BCUT2D eigenvalue weighted by molar-refractivity contribution is -0.118. The molecule has 0 fully saturated rings. The molecule has 2 rings (SSSR count). The van der Waals surface area contributed by atoms with Crippen molar-refractivity contribution in [2.75, 3.05) is 12.4 Å². The standard InChI is InChI=1S/C23H30N2O3/c1-15(2)20(22(27)24-18-8-7-9-19(14-18)28-6)25-21(26)16-10-12-17(13-11-16)23(3,4)5/h7-15,20H,1-6H3,(H,24,27)(H,25,26). The molecule has 0 radical (unpaired) electrons. The Morgan fingerprint density at radius 1 is 1.00 bits per heavy atom. The van der Waals surface area contributed by atoms with Crippen LogP contribution in [0.4, 0.5) is 5.69 Å². The fraction of sp³-hybridized carbons (Fsp3) is 0.391. The zero-order valence-electron chi connectivity index (χ0n) is 17.5. The quantitative estimate of drug-likeness (QED) is 0.779. The van der Waals surface area contributed by atoms with Crippen molar-refractivity contribution in [3.8, 4) is 5.75 Å². The number of nitrogens with one attached hydrogen (secondary N) is 2. The Hall–Kier alpha value is -2.82. The highest BCUT2D eigenvalue weighted by molar-refractivity contribution is 6.01. The molecule has 0 aliphatic heterocycles. The van der Waals surface area contributed by atoms with Crippen LogP contribution >= 0.6 is 0 Å². The molecule has 2 amide bonds. The van der Waals surface area contributed by atoms with Crippen LogP contribution in [0.3, 0.4) is 0 Å². The van der Waals surface area contributed by atoms with E-state index in [1.807, 2.05) is 26.0 Å². The van der Waals surface area contributed by atoms with E-state index in [4.69, 9.17) is 4.74 Å². The molecule has 5 heteroatoms. The topological polar surface area (TPSA) is 67.4 Å². The Morgan fingerprint density at radius 3 is 2.18 bits per heavy atom. The van der Waals surface area contributed by atoms with E-state index in [0.717, 1.165) is 5.56 Å². The molecule has 0 bridgehead atoms. The van der Waals surface area contributed by atoms with E-state index in [1.54, 1.807) is 43.5 Å². The molecule has 150 valence electrons. The van der Waals surface area contributed by atoms with Crippen LogP contribution in [-0.2, 0) is 10.2 Å². The zero-order chi connectivity index (χ0) is 20.9. The molecule has 2 N–H and O–H groups in total. The Morgan fingerprint density at radius 2 is 1.64 bits per heavy atom. The smallest absolute Gasteiger partial charge is 0.251 e. The summed E-state index contributed by atoms with van der Waals surface area (Å²) >= 11 is 0. The van der Waals surface area contributed by atoms with Gasteiger partial charge in [0.1, 0.15) is 11.8 Å². The van der Waals surface area contributed by atoms with Crippen molar-refractivity contribution in [3.05, 3.63) is 59.7 Å². The molecular formula is C23H30N2O3. The van der Waals surface area contributed by atoms with E-state index < -0.39 is 6.04 Å². The van der Waals surface area contributed by atoms with E-state index >= 15 is 0 Å². The predicted octanol–water partition coefficient (Wildman–Crippen LogP) is 4.39. The van der Waals surface area contributed by atoms with Gasteiger partial charge in [-0.2, -0.15) is 0 Å². The third-order valence-corrected chi connectivity index (χ3v) is 4.59. The van der Waals surface area contributed by atoms with Crippen molar-refractivity contribution in [3.63, 3.8) is 0 Å². The van der Waals surface area contributed by atoms with Crippen molar-refractivity contribution < 1.29 is 14.3 Å². The second-order valence-corrected chi connectivity index (χ2v) is 8.24. The molecule has 0 saturated heterocycles. The number of rotatable bonds is 6. The van der Waals surface area contributed by atoms with E-state index in [1.165, 1.54) is 0 Å². The molecule has 2 aromatic rings. The van der Waals surface area contributed by atoms with Gasteiger partial charge in [-0.05, 0) is 41.2 Å². The summed E-state index contributed by atoms with van der Waals surface area (Å²) in [5, 5.41) is 5.71. The SMILES string of the molecule is COc1cccc(NC(=O)C(NC(=O)c2ccc(C(C)(C)C)cc2)C(C)C)c1. The summed E-state index contributed by atoms with van der Waals surface area (Å²) in [7, 11) is 1.57. The second-order valence-electron chi connectivity index (χ2n) is 8.24. The van der Waals surface area contributed by atoms with Crippen LogP contribution in [0.25, 0.3) is 0 Å². The van der Waals surface area contributed by atoms with Crippen LogP contribution in [-0.4, -0.2) is 25.0 Å². The molecule has 0 saturated carbocycles. The number of benzene rings is 2. The maximum absolute atomic E-state index is 12.7. The second kappa shape index (κ2) is 8.91. The first-order valence-corrected chi connectivity index (χ1v) is 9.48. The van der Waals surface area contributed by atoms with Crippen molar-refractivity contribution in [2.45, 2.75) is 46.1 Å². The molecule has 5 nitrogen and oxygen atoms in total. The van der Waals surface area contributed by atoms with Gasteiger partial charge < -0.3 is 15.4 Å². The Balaban J connectivity index is 2.10. The monoisotopic (exact) mass is 382 g/mol. The minimum Gasteiger partial charge on any atom is -0.497 e. The number of hydrogen-bond acceptors (Lipinski definition) is 3. The summed E-state index contributed by atoms with van der Waals surface area (Å²) in [6, 6.07) is 14.0. The Bertz CT molecular complexity index is 820. The number of carbonyl (C=O) groups is 2. The maximum Gasteiger partial charge on any atom is 0.251 e. The highest BCUT2D eigenvalue weighted by atomic mass is 16.5. The van der Waals surface area contributed by atoms with Gasteiger partial charge >= 0.3 is 0 Å². The molecular weight excluding hydrogens is 352 g/mol. The highest BCUT2D eigenvalue weighted by Gasteiger charge is 2.25. The third kappa shape index (κ3) is 5.59. The minimum atomic E-state index is -0.652. The van der Waals surface area contributed by atoms with Gasteiger partial charge in [-0.3, -0.25) is 9.59 Å². The predicted molar refractivity (Wildman–Crippen MR) is 113 cm³/mol. The number of amides is 2. The summed E-state index contributed by atoms with van der Waals surface area (Å²) < 4.78 is 5.18. The van der Waals surface area contributed by atoms with E-state index in [0.29, 0.717) is 17.0 Å². The van der Waals surface area contributed by atoms with Gasteiger partial charge in [0.2, 0.25) is 5.91 Å². The lowest BCUT2D eigenvalue weighted by Crippen LogP contribution is -2.47. The van der Waals surface area contributed by atoms with Gasteiger partial charge in [-0.1, -0.05) is 52.8 Å². The van der Waals surface area contributed by atoms with Gasteiger partial charge in [0, 0.05) is 17.3 Å². The van der Waals surface area contributed by atoms with Gasteiger partial charge in [0.25, 0.3) is 5.91 Å². The molecule has 2 aromatic carbocycles. The molecule has 0 aliphatic rings. The summed E-state index contributed by atoms with van der Waals surface area (Å²) in [6.45, 7) is 10.2. The number of carbonyl (C=O) groups excluding carboxylic acids is 2. The number of methoxy groups -OCH3 is 1. The fourth-order valence-electron chi connectivity index (χ4n) is 2.80. The molecule has 1 unspecified atom stereocenters. The molecule has 28 heavy (non-hydrogen) atoms. The first-order chi connectivity index (χ1) is 13.1. The van der Waals surface area contributed by atoms with Crippen molar-refractivity contribution in [2.24, 2.45) is 5.92 Å². The average Bonchev–Trinajstić information content (AvgIpc) is 2.65. The zero-order valence-corrected chi connectivity index (χ0v) is 17.5. The lowest BCUT2D eigenvalue weighted by atomic mass is 9.86. The van der Waals surface area contributed by atoms with Gasteiger partial charge in [0.15, 0.2) is 0 Å². The van der Waals surface area contributed by atoms with Crippen molar-refractivity contribution in [1.29, 1.82) is 0 Å². The van der Waals surface area contributed by atoms with E-state index in [9.17, 15) is 9.59 Å². The summed E-state index contributed by atoms with van der Waals surface area (Å²) in [6.07, 6.45) is 0. The number of hydrogen-bond donors (Lipinski definition) is 2. The fourth-order valence-corrected chi connectivity index (χ4v) is 2.80. The largest absolute Gasteiger partial charge is 0.497 e. The first-order valence-electron chi connectivity index (χ1n) is 9.48. The summed E-state index contributed by atoms with van der Waals surface area (Å²) in [5.74, 6) is 0.0631. The van der Waals surface area contributed by atoms with Crippen molar-refractivity contribution in [1.82, 2.24) is 5.32 Å². The molecule has 0 aromatic heterocycles. The number of ether oxygens (including phenoxy) is 1. The third-order valence-electron chi connectivity index (χ3n) is 4.59. The van der Waals surface area contributed by atoms with Crippen LogP contribution in [0, 0.1) is 5.92 Å². The minimum absolute atomic E-state index is 0.0199. The van der Waals surface area contributed by atoms with Crippen LogP contribution in [0.1, 0.15) is 50.5 Å². The van der Waals surface area contributed by atoms with Crippen LogP contribution in [0.15, 0.2) is 48.5 Å². The number of anilines is 1. The Kier molecular flexibility index (Phi) is 6.84. The average molecular weight is 383 g/mol. The van der Waals surface area contributed by atoms with Gasteiger partial charge in [-0.25, -0.2) is 0 Å². The first kappa shape index (κ1) is 21.5. The molecule has 0 heterocycles. The van der Waals surface area contributed by atoms with Crippen LogP contribution in [0.5, 0.6) is 5.75 Å². The molecule has 0 spiro atoms. The highest BCUT2D eigenvalue weighted by Crippen LogP contribution is 2.22. The van der Waals surface area contributed by atoms with Gasteiger partial charge in [-0.15, -0.1) is 0 Å². The van der Waals surface area contributed by atoms with E-state index in [2.05, 4.69) is 31.4 Å². The molecule has 0 aliphatic carbocycles. The van der Waals surface area contributed by atoms with Crippen LogP contribution in [0.2, 0.25) is 0 Å². The summed E-state index contributed by atoms with van der Waals surface area (Å²) in [4.78, 5) is 25.4. The maximum atomic E-state index is 12.7. The summed E-state index contributed by atoms with van der Waals surface area (Å²) in [5.41, 5.74) is 2.33. The normalized spacial score (nSPS) is 12.4. The van der Waals surface area contributed by atoms with Crippen LogP contribution < -0.4 is 15.4 Å². The van der Waals surface area contributed by atoms with Crippen molar-refractivity contribution >= 4 is 17.5 Å². The van der Waals surface area contributed by atoms with Gasteiger partial charge in [0.05, 0.1) is 7.11 Å². The van der Waals surface area contributed by atoms with E-state index in [-0.39, 0.29) is 23.1 Å². The molecule has 1 atom stereocenters. The lowest BCUT2D eigenvalue weighted by Gasteiger charge is -2.22.